The van der Waals surface area contributed by atoms with Gasteiger partial charge >= 0.3 is 0 Å². The summed E-state index contributed by atoms with van der Waals surface area (Å²) >= 11 is 0. The molecule has 56 heavy (non-hydrogen) atoms. The highest BCUT2D eigenvalue weighted by Crippen LogP contribution is 2.41. The first kappa shape index (κ1) is 32.0. The summed E-state index contributed by atoms with van der Waals surface area (Å²) in [7, 11) is 0. The van der Waals surface area contributed by atoms with E-state index in [0.717, 1.165) is 61.2 Å². The van der Waals surface area contributed by atoms with Crippen molar-refractivity contribution >= 4 is 71.4 Å². The molecule has 2 heterocycles. The molecule has 0 unspecified atom stereocenters. The molecule has 0 aliphatic carbocycles. The van der Waals surface area contributed by atoms with E-state index in [-0.39, 0.29) is 0 Å². The van der Waals surface area contributed by atoms with Crippen LogP contribution in [0.25, 0.3) is 87.9 Å². The van der Waals surface area contributed by atoms with Crippen molar-refractivity contribution in [2.24, 2.45) is 0 Å². The third kappa shape index (κ3) is 5.49. The van der Waals surface area contributed by atoms with Crippen LogP contribution in [0.1, 0.15) is 0 Å². The van der Waals surface area contributed by atoms with Gasteiger partial charge in [0, 0.05) is 38.8 Å². The van der Waals surface area contributed by atoms with Crippen molar-refractivity contribution in [1.82, 2.24) is 4.98 Å². The van der Waals surface area contributed by atoms with Crippen LogP contribution in [0.5, 0.6) is 0 Å². The molecule has 0 radical (unpaired) electrons. The number of furan rings is 1. The topological polar surface area (TPSA) is 29.3 Å². The monoisotopic (exact) mass is 714 g/mol. The minimum absolute atomic E-state index is 0.808. The van der Waals surface area contributed by atoms with Crippen LogP contribution in [-0.4, -0.2) is 4.98 Å². The van der Waals surface area contributed by atoms with Crippen molar-refractivity contribution in [2.45, 2.75) is 0 Å². The summed E-state index contributed by atoms with van der Waals surface area (Å²) in [6.07, 6.45) is 0. The largest absolute Gasteiger partial charge is 0.454 e. The summed E-state index contributed by atoms with van der Waals surface area (Å²) in [5.41, 5.74) is 12.4. The molecule has 3 nitrogen and oxygen atoms in total. The summed E-state index contributed by atoms with van der Waals surface area (Å²) in [5, 5.41) is 8.27. The maximum Gasteiger partial charge on any atom is 0.162 e. The van der Waals surface area contributed by atoms with Gasteiger partial charge in [-0.25, -0.2) is 4.98 Å². The second-order valence-electron chi connectivity index (χ2n) is 14.4. The Morgan fingerprint density at radius 1 is 0.357 bits per heavy atom. The quantitative estimate of drug-likeness (QED) is 0.172. The van der Waals surface area contributed by atoms with Gasteiger partial charge in [-0.2, -0.15) is 0 Å². The molecule has 0 saturated carbocycles. The maximum atomic E-state index is 6.53. The van der Waals surface area contributed by atoms with Crippen LogP contribution >= 0.6 is 0 Å². The predicted octanol–water partition coefficient (Wildman–Crippen LogP) is 14.9. The van der Waals surface area contributed by atoms with Gasteiger partial charge in [0.1, 0.15) is 11.3 Å². The average Bonchev–Trinajstić information content (AvgIpc) is 3.67. The van der Waals surface area contributed by atoms with E-state index in [9.17, 15) is 0 Å². The second kappa shape index (κ2) is 13.1. The van der Waals surface area contributed by atoms with Crippen molar-refractivity contribution < 1.29 is 4.42 Å². The van der Waals surface area contributed by atoms with Crippen molar-refractivity contribution in [3.05, 3.63) is 206 Å². The zero-order valence-corrected chi connectivity index (χ0v) is 30.4. The van der Waals surface area contributed by atoms with Crippen molar-refractivity contribution in [2.75, 3.05) is 4.90 Å². The van der Waals surface area contributed by atoms with Crippen LogP contribution in [0.15, 0.2) is 211 Å². The molecule has 0 bridgehead atoms. The van der Waals surface area contributed by atoms with Crippen molar-refractivity contribution in [3.63, 3.8) is 0 Å². The van der Waals surface area contributed by atoms with Gasteiger partial charge in [0.05, 0.1) is 5.52 Å². The lowest BCUT2D eigenvalue weighted by Crippen LogP contribution is -2.09. The normalized spacial score (nSPS) is 11.6. The molecule has 11 rings (SSSR count). The zero-order valence-electron chi connectivity index (χ0n) is 30.4. The third-order valence-electron chi connectivity index (χ3n) is 11.0. The predicted molar refractivity (Wildman–Crippen MR) is 235 cm³/mol. The minimum Gasteiger partial charge on any atom is -0.454 e. The molecule has 262 valence electrons. The molecule has 0 saturated heterocycles. The lowest BCUT2D eigenvalue weighted by molar-refractivity contribution is 0.669. The fraction of sp³-hybridized carbons (Fsp3) is 0. The Balaban J connectivity index is 1.01. The third-order valence-corrected chi connectivity index (χ3v) is 11.0. The molecule has 0 aliphatic rings. The lowest BCUT2D eigenvalue weighted by atomic mass is 10.00. The van der Waals surface area contributed by atoms with Gasteiger partial charge < -0.3 is 9.32 Å². The fourth-order valence-corrected chi connectivity index (χ4v) is 8.19. The number of nitrogens with zero attached hydrogens (tertiary/aromatic N) is 2. The zero-order chi connectivity index (χ0) is 37.0. The number of pyridine rings is 1. The van der Waals surface area contributed by atoms with Crippen LogP contribution in [0.2, 0.25) is 0 Å². The van der Waals surface area contributed by atoms with E-state index in [1.807, 2.05) is 18.2 Å². The van der Waals surface area contributed by atoms with Crippen LogP contribution in [-0.2, 0) is 0 Å². The fourth-order valence-electron chi connectivity index (χ4n) is 8.19. The Hall–Kier alpha value is -7.49. The van der Waals surface area contributed by atoms with E-state index >= 15 is 0 Å². The van der Waals surface area contributed by atoms with E-state index in [2.05, 4.69) is 193 Å². The highest BCUT2D eigenvalue weighted by Gasteiger charge is 2.19. The molecule has 0 N–H and O–H groups in total. The van der Waals surface area contributed by atoms with E-state index < -0.39 is 0 Å². The Morgan fingerprint density at radius 3 is 1.38 bits per heavy atom. The molecule has 0 atom stereocenters. The number of fused-ring (bicyclic) bond motifs is 7. The van der Waals surface area contributed by atoms with Gasteiger partial charge in [-0.3, -0.25) is 0 Å². The molecular weight excluding hydrogens is 681 g/mol. The second-order valence-corrected chi connectivity index (χ2v) is 14.4. The summed E-state index contributed by atoms with van der Waals surface area (Å²) in [6.45, 7) is 0. The number of rotatable bonds is 6. The number of benzene rings is 9. The first-order chi connectivity index (χ1) is 27.7. The number of para-hydroxylation sites is 2. The van der Waals surface area contributed by atoms with E-state index in [1.165, 1.54) is 43.8 Å². The molecule has 0 spiro atoms. The smallest absolute Gasteiger partial charge is 0.162 e. The minimum atomic E-state index is 0.808. The standard InChI is InChI=1S/C53H34N2O/c1-3-11-40-33-42(19-17-35(40)9-1)37-21-27-44(28-22-37)55(45-29-23-38(24-30-45)43-20-18-36-10-2-4-12-41(36)34-43)46-31-25-39(26-32-46)52-53-51(47-13-5-7-15-49(47)54-52)48-14-6-8-16-50(48)56-53/h1-34H. The highest BCUT2D eigenvalue weighted by atomic mass is 16.3. The first-order valence-corrected chi connectivity index (χ1v) is 19.0. The van der Waals surface area contributed by atoms with Crippen molar-refractivity contribution in [1.29, 1.82) is 0 Å². The molecule has 2 aromatic heterocycles. The van der Waals surface area contributed by atoms with Gasteiger partial charge in [0.25, 0.3) is 0 Å². The van der Waals surface area contributed by atoms with Gasteiger partial charge in [-0.05, 0) is 104 Å². The number of hydrogen-bond acceptors (Lipinski definition) is 3. The summed E-state index contributed by atoms with van der Waals surface area (Å²) in [4.78, 5) is 7.49. The number of anilines is 3. The molecule has 11 aromatic rings. The summed E-state index contributed by atoms with van der Waals surface area (Å²) in [6, 6.07) is 73.5. The Labute approximate surface area is 324 Å². The first-order valence-electron chi connectivity index (χ1n) is 19.0. The van der Waals surface area contributed by atoms with Gasteiger partial charge in [0.15, 0.2) is 5.58 Å². The van der Waals surface area contributed by atoms with Crippen LogP contribution < -0.4 is 4.90 Å². The van der Waals surface area contributed by atoms with Gasteiger partial charge in [-0.1, -0.05) is 146 Å². The van der Waals surface area contributed by atoms with Crippen LogP contribution in [0.3, 0.4) is 0 Å². The van der Waals surface area contributed by atoms with Crippen LogP contribution in [0.4, 0.5) is 17.1 Å². The lowest BCUT2D eigenvalue weighted by Gasteiger charge is -2.26. The van der Waals surface area contributed by atoms with E-state index in [4.69, 9.17) is 9.40 Å². The summed E-state index contributed by atoms with van der Waals surface area (Å²) in [5.74, 6) is 0. The molecule has 9 aromatic carbocycles. The van der Waals surface area contributed by atoms with Crippen molar-refractivity contribution in [3.8, 4) is 33.5 Å². The molecule has 0 fully saturated rings. The number of aromatic nitrogens is 1. The Morgan fingerprint density at radius 2 is 0.804 bits per heavy atom. The van der Waals surface area contributed by atoms with Gasteiger partial charge in [-0.15, -0.1) is 0 Å². The van der Waals surface area contributed by atoms with Crippen LogP contribution in [0, 0.1) is 0 Å². The molecule has 3 heteroatoms. The SMILES string of the molecule is c1ccc2cc(-c3ccc(N(c4ccc(-c5ccc6ccccc6c5)cc4)c4ccc(-c5nc6ccccc6c6c5oc5ccccc56)cc4)cc3)ccc2c1. The summed E-state index contributed by atoms with van der Waals surface area (Å²) < 4.78 is 6.53. The van der Waals surface area contributed by atoms with Gasteiger partial charge in [0.2, 0.25) is 0 Å². The maximum absolute atomic E-state index is 6.53. The highest BCUT2D eigenvalue weighted by molar-refractivity contribution is 6.20. The Kier molecular flexibility index (Phi) is 7.49. The molecule has 0 aliphatic heterocycles. The van der Waals surface area contributed by atoms with E-state index in [1.54, 1.807) is 0 Å². The average molecular weight is 715 g/mol. The number of hydrogen-bond donors (Lipinski definition) is 0. The van der Waals surface area contributed by atoms with E-state index in [0.29, 0.717) is 0 Å². The molecular formula is C53H34N2O. The molecule has 0 amide bonds. The Bertz CT molecular complexity index is 3110.